The van der Waals surface area contributed by atoms with E-state index in [2.05, 4.69) is 39.7 Å². The third-order valence-electron chi connectivity index (χ3n) is 6.06. The summed E-state index contributed by atoms with van der Waals surface area (Å²) in [5, 5.41) is 5.85. The van der Waals surface area contributed by atoms with Crippen molar-refractivity contribution in [2.24, 2.45) is 0 Å². The number of nitrogens with one attached hydrogen (secondary N) is 2. The van der Waals surface area contributed by atoms with Gasteiger partial charge in [0.1, 0.15) is 5.69 Å². The highest BCUT2D eigenvalue weighted by Crippen LogP contribution is 2.22. The topological polar surface area (TPSA) is 105 Å². The first-order chi connectivity index (χ1) is 16.5. The Morgan fingerprint density at radius 1 is 1.06 bits per heavy atom. The molecule has 0 radical (unpaired) electrons. The molecule has 0 unspecified atom stereocenters. The lowest BCUT2D eigenvalue weighted by molar-refractivity contribution is 0.0946. The van der Waals surface area contributed by atoms with Crippen LogP contribution >= 0.6 is 0 Å². The maximum atomic E-state index is 12.9. The van der Waals surface area contributed by atoms with E-state index in [1.807, 2.05) is 18.2 Å². The highest BCUT2D eigenvalue weighted by atomic mass is 16.2. The normalized spacial score (nSPS) is 13.4. The van der Waals surface area contributed by atoms with Gasteiger partial charge in [0.25, 0.3) is 11.8 Å². The first-order valence-electron chi connectivity index (χ1n) is 11.2. The van der Waals surface area contributed by atoms with Gasteiger partial charge in [-0.1, -0.05) is 18.2 Å². The van der Waals surface area contributed by atoms with Crippen LogP contribution in [0.25, 0.3) is 5.65 Å². The van der Waals surface area contributed by atoms with E-state index in [9.17, 15) is 9.59 Å². The van der Waals surface area contributed by atoms with E-state index in [0.717, 1.165) is 30.8 Å². The van der Waals surface area contributed by atoms with Crippen molar-refractivity contribution in [3.8, 4) is 0 Å². The second-order valence-electron chi connectivity index (χ2n) is 8.63. The van der Waals surface area contributed by atoms with Gasteiger partial charge in [-0.05, 0) is 66.6 Å². The first-order valence-corrected chi connectivity index (χ1v) is 11.2. The van der Waals surface area contributed by atoms with Crippen LogP contribution in [0.4, 0.5) is 11.4 Å². The minimum Gasteiger partial charge on any atom is -0.396 e. The lowest BCUT2D eigenvalue weighted by Gasteiger charge is -2.25. The van der Waals surface area contributed by atoms with Gasteiger partial charge < -0.3 is 25.7 Å². The molecule has 0 bridgehead atoms. The summed E-state index contributed by atoms with van der Waals surface area (Å²) in [6.07, 6.45) is 4.45. The Morgan fingerprint density at radius 3 is 2.79 bits per heavy atom. The number of hydrogen-bond donors (Lipinski definition) is 3. The zero-order valence-corrected chi connectivity index (χ0v) is 18.9. The molecule has 34 heavy (non-hydrogen) atoms. The largest absolute Gasteiger partial charge is 0.396 e. The summed E-state index contributed by atoms with van der Waals surface area (Å²) in [6, 6.07) is 16.9. The number of aromatic nitrogens is 2. The highest BCUT2D eigenvalue weighted by Gasteiger charge is 2.15. The van der Waals surface area contributed by atoms with Crippen molar-refractivity contribution in [1.82, 2.24) is 19.6 Å². The Labute approximate surface area is 197 Å². The summed E-state index contributed by atoms with van der Waals surface area (Å²) in [5.41, 5.74) is 12.0. The van der Waals surface area contributed by atoms with Crippen molar-refractivity contribution in [2.75, 3.05) is 24.6 Å². The number of fused-ring (bicyclic) bond motifs is 2. The number of nitrogens with two attached hydrogens (primary N) is 1. The summed E-state index contributed by atoms with van der Waals surface area (Å²) < 4.78 is 1.72. The molecule has 172 valence electrons. The van der Waals surface area contributed by atoms with E-state index < -0.39 is 0 Å². The number of imidazole rings is 1. The third-order valence-corrected chi connectivity index (χ3v) is 6.06. The van der Waals surface area contributed by atoms with Crippen LogP contribution < -0.4 is 16.4 Å². The summed E-state index contributed by atoms with van der Waals surface area (Å²) in [7, 11) is 2.10. The molecule has 2 amide bonds. The molecule has 0 aliphatic carbocycles. The van der Waals surface area contributed by atoms with Gasteiger partial charge in [0.2, 0.25) is 0 Å². The minimum atomic E-state index is -0.308. The zero-order valence-electron chi connectivity index (χ0n) is 18.9. The number of amides is 2. The summed E-state index contributed by atoms with van der Waals surface area (Å²) in [5.74, 6) is -0.495. The molecule has 5 rings (SSSR count). The minimum absolute atomic E-state index is 0.187. The summed E-state index contributed by atoms with van der Waals surface area (Å²) in [4.78, 5) is 32.0. The van der Waals surface area contributed by atoms with Crippen LogP contribution in [0.2, 0.25) is 0 Å². The molecule has 4 N–H and O–H groups in total. The fraction of sp³-hybridized carbons (Fsp3) is 0.192. The fourth-order valence-electron chi connectivity index (χ4n) is 4.22. The summed E-state index contributed by atoms with van der Waals surface area (Å²) >= 11 is 0. The number of anilines is 2. The van der Waals surface area contributed by atoms with Crippen molar-refractivity contribution >= 4 is 28.8 Å². The molecule has 0 fully saturated rings. The van der Waals surface area contributed by atoms with Crippen molar-refractivity contribution in [3.63, 3.8) is 0 Å². The maximum Gasteiger partial charge on any atom is 0.271 e. The second-order valence-corrected chi connectivity index (χ2v) is 8.63. The lowest BCUT2D eigenvalue weighted by Crippen LogP contribution is -2.26. The molecule has 0 spiro atoms. The van der Waals surface area contributed by atoms with E-state index in [-0.39, 0.29) is 24.1 Å². The Kier molecular flexibility index (Phi) is 5.73. The van der Waals surface area contributed by atoms with Crippen LogP contribution in [-0.2, 0) is 19.5 Å². The van der Waals surface area contributed by atoms with Gasteiger partial charge in [-0.15, -0.1) is 0 Å². The quantitative estimate of drug-likeness (QED) is 0.430. The monoisotopic (exact) mass is 454 g/mol. The predicted molar refractivity (Wildman–Crippen MR) is 132 cm³/mol. The Morgan fingerprint density at radius 2 is 1.94 bits per heavy atom. The molecule has 8 heteroatoms. The van der Waals surface area contributed by atoms with Crippen LogP contribution in [0, 0.1) is 0 Å². The van der Waals surface area contributed by atoms with E-state index >= 15 is 0 Å². The summed E-state index contributed by atoms with van der Waals surface area (Å²) in [6.45, 7) is 2.20. The standard InChI is InChI=1S/C26H26N6O2/c1-31-11-9-18-7-8-21(13-20(18)15-31)29-25(33)19-5-2-4-17(12-19)14-28-26(34)23-16-32-10-3-6-22(27)24(32)30-23/h2-8,10,12-13,16H,9,11,14-15,27H2,1H3,(H,28,34)(H,29,33). The van der Waals surface area contributed by atoms with Gasteiger partial charge in [-0.25, -0.2) is 4.98 Å². The number of pyridine rings is 1. The lowest BCUT2D eigenvalue weighted by atomic mass is 9.99. The molecule has 8 nitrogen and oxygen atoms in total. The van der Waals surface area contributed by atoms with Gasteiger partial charge in [0, 0.05) is 43.3 Å². The van der Waals surface area contributed by atoms with Crippen molar-refractivity contribution in [1.29, 1.82) is 0 Å². The number of carbonyl (C=O) groups is 2. The van der Waals surface area contributed by atoms with E-state index in [1.54, 1.807) is 41.1 Å². The van der Waals surface area contributed by atoms with Gasteiger partial charge in [-0.2, -0.15) is 0 Å². The molecule has 0 saturated carbocycles. The molecule has 4 aromatic rings. The molecule has 3 heterocycles. The van der Waals surface area contributed by atoms with Crippen LogP contribution in [-0.4, -0.2) is 39.7 Å². The van der Waals surface area contributed by atoms with Crippen LogP contribution in [0.1, 0.15) is 37.5 Å². The SMILES string of the molecule is CN1CCc2ccc(NC(=O)c3cccc(CNC(=O)c4cn5cccc(N)c5n4)c3)cc2C1. The number of nitrogen functional groups attached to an aromatic ring is 1. The molecule has 1 aliphatic rings. The van der Waals surface area contributed by atoms with Gasteiger partial charge in [0.15, 0.2) is 5.65 Å². The number of carbonyl (C=O) groups excluding carboxylic acids is 2. The van der Waals surface area contributed by atoms with Crippen LogP contribution in [0.3, 0.4) is 0 Å². The van der Waals surface area contributed by atoms with Crippen molar-refractivity contribution in [3.05, 3.63) is 94.9 Å². The van der Waals surface area contributed by atoms with Crippen LogP contribution in [0.15, 0.2) is 67.0 Å². The zero-order chi connectivity index (χ0) is 23.7. The predicted octanol–water partition coefficient (Wildman–Crippen LogP) is 3.09. The van der Waals surface area contributed by atoms with Gasteiger partial charge in [-0.3, -0.25) is 9.59 Å². The van der Waals surface area contributed by atoms with Crippen molar-refractivity contribution < 1.29 is 9.59 Å². The maximum absolute atomic E-state index is 12.9. The Bertz CT molecular complexity index is 1390. The number of benzene rings is 2. The molecule has 0 atom stereocenters. The number of rotatable bonds is 5. The van der Waals surface area contributed by atoms with Crippen molar-refractivity contribution in [2.45, 2.75) is 19.5 Å². The van der Waals surface area contributed by atoms with E-state index in [1.165, 1.54) is 11.1 Å². The average Bonchev–Trinajstić information content (AvgIpc) is 3.28. The molecule has 1 aliphatic heterocycles. The third kappa shape index (κ3) is 4.49. The smallest absolute Gasteiger partial charge is 0.271 e. The van der Waals surface area contributed by atoms with Gasteiger partial charge >= 0.3 is 0 Å². The molecule has 2 aromatic heterocycles. The Balaban J connectivity index is 1.24. The average molecular weight is 455 g/mol. The van der Waals surface area contributed by atoms with Gasteiger partial charge in [0.05, 0.1) is 5.69 Å². The Hall–Kier alpha value is -4.17. The molecular weight excluding hydrogens is 428 g/mol. The van der Waals surface area contributed by atoms with E-state index in [0.29, 0.717) is 16.9 Å². The fourth-order valence-corrected chi connectivity index (χ4v) is 4.22. The first kappa shape index (κ1) is 21.7. The number of nitrogens with zero attached hydrogens (tertiary/aromatic N) is 3. The molecule has 2 aromatic carbocycles. The number of likely N-dealkylation sites (N-methyl/N-ethyl adjacent to an activating group) is 1. The molecule has 0 saturated heterocycles. The number of hydrogen-bond acceptors (Lipinski definition) is 5. The molecular formula is C26H26N6O2. The van der Waals surface area contributed by atoms with E-state index in [4.69, 9.17) is 5.73 Å². The highest BCUT2D eigenvalue weighted by molar-refractivity contribution is 6.04. The van der Waals surface area contributed by atoms with Crippen LogP contribution in [0.5, 0.6) is 0 Å². The second kappa shape index (κ2) is 8.99.